The van der Waals surface area contributed by atoms with Gasteiger partial charge >= 0.3 is 0 Å². The van der Waals surface area contributed by atoms with Gasteiger partial charge in [-0.25, -0.2) is 0 Å². The normalized spacial score (nSPS) is 12.6. The molecule has 0 saturated heterocycles. The first-order valence-corrected chi connectivity index (χ1v) is 21.6. The van der Waals surface area contributed by atoms with Gasteiger partial charge in [0.25, 0.3) is 6.71 Å². The lowest BCUT2D eigenvalue weighted by molar-refractivity contribution is 1.19. The van der Waals surface area contributed by atoms with E-state index in [1.165, 1.54) is 117 Å². The number of hydrogen-bond acceptors (Lipinski definition) is 3. The first-order chi connectivity index (χ1) is 29.4. The summed E-state index contributed by atoms with van der Waals surface area (Å²) in [4.78, 5) is 7.62. The van der Waals surface area contributed by atoms with Gasteiger partial charge in [-0.1, -0.05) is 130 Å². The van der Waals surface area contributed by atoms with Crippen molar-refractivity contribution in [1.29, 1.82) is 0 Å². The van der Waals surface area contributed by atoms with Gasteiger partial charge in [0.1, 0.15) is 0 Å². The van der Waals surface area contributed by atoms with Gasteiger partial charge in [-0.2, -0.15) is 0 Å². The van der Waals surface area contributed by atoms with Crippen LogP contribution in [0.5, 0.6) is 0 Å². The van der Waals surface area contributed by atoms with Gasteiger partial charge in [-0.15, -0.1) is 0 Å². The van der Waals surface area contributed by atoms with Gasteiger partial charge < -0.3 is 14.7 Å². The minimum Gasteiger partial charge on any atom is -0.311 e. The van der Waals surface area contributed by atoms with E-state index in [0.717, 1.165) is 11.4 Å². The van der Waals surface area contributed by atoms with Crippen molar-refractivity contribution in [2.45, 2.75) is 62.3 Å². The summed E-state index contributed by atoms with van der Waals surface area (Å²) in [7, 11) is 0. The Morgan fingerprint density at radius 2 is 0.787 bits per heavy atom. The Kier molecular flexibility index (Phi) is 9.29. The van der Waals surface area contributed by atoms with Crippen molar-refractivity contribution >= 4 is 74.3 Å². The Morgan fingerprint density at radius 1 is 0.361 bits per heavy atom. The standard InChI is InChI=1S/C57H52BN3/c1-35-10-19-44(20-11-35)47-30-39(5)16-25-52(47)61-54-27-18-41(7)32-49(54)58-48-31-40(6)17-26-53(48)59(45-21-12-36(2)13-22-45)55-33-46(34-56(61)57(55)58)60(50-23-14-37(3)28-42(50)8)51-24-15-38(4)29-43(51)9/h10-34H,1-9H3. The Morgan fingerprint density at radius 3 is 1.33 bits per heavy atom. The van der Waals surface area contributed by atoms with E-state index in [0.29, 0.717) is 0 Å². The zero-order valence-electron chi connectivity index (χ0n) is 36.9. The summed E-state index contributed by atoms with van der Waals surface area (Å²) in [5, 5.41) is 0. The second-order valence-corrected chi connectivity index (χ2v) is 17.8. The summed E-state index contributed by atoms with van der Waals surface area (Å²) in [5.41, 5.74) is 28.2. The van der Waals surface area contributed by atoms with Crippen molar-refractivity contribution in [3.8, 4) is 11.1 Å². The molecule has 298 valence electrons. The van der Waals surface area contributed by atoms with Gasteiger partial charge in [-0.05, 0) is 156 Å². The third-order valence-corrected chi connectivity index (χ3v) is 12.9. The number of rotatable bonds is 6. The lowest BCUT2D eigenvalue weighted by atomic mass is 9.33. The highest BCUT2D eigenvalue weighted by atomic mass is 15.2. The van der Waals surface area contributed by atoms with Gasteiger partial charge in [0.05, 0.1) is 11.4 Å². The van der Waals surface area contributed by atoms with E-state index in [4.69, 9.17) is 0 Å². The van der Waals surface area contributed by atoms with E-state index < -0.39 is 0 Å². The van der Waals surface area contributed by atoms with Crippen LogP contribution in [0.15, 0.2) is 152 Å². The molecule has 8 aromatic rings. The van der Waals surface area contributed by atoms with Crippen molar-refractivity contribution in [2.24, 2.45) is 0 Å². The molecule has 0 aromatic heterocycles. The molecule has 0 unspecified atom stereocenters. The second kappa shape index (κ2) is 14.7. The number of fused-ring (bicyclic) bond motifs is 4. The Labute approximate surface area is 362 Å². The Bertz CT molecular complexity index is 2980. The Balaban J connectivity index is 1.37. The summed E-state index contributed by atoms with van der Waals surface area (Å²) in [6, 6.07) is 57.9. The van der Waals surface area contributed by atoms with Crippen LogP contribution in [0.4, 0.5) is 51.2 Å². The van der Waals surface area contributed by atoms with E-state index in [1.54, 1.807) is 0 Å². The summed E-state index contributed by atoms with van der Waals surface area (Å²) >= 11 is 0. The average Bonchev–Trinajstić information content (AvgIpc) is 3.23. The van der Waals surface area contributed by atoms with Crippen LogP contribution in [0.25, 0.3) is 11.1 Å². The molecule has 3 nitrogen and oxygen atoms in total. The van der Waals surface area contributed by atoms with Crippen LogP contribution in [-0.2, 0) is 0 Å². The van der Waals surface area contributed by atoms with Gasteiger partial charge in [0.2, 0.25) is 0 Å². The van der Waals surface area contributed by atoms with E-state index in [-0.39, 0.29) is 6.71 Å². The molecule has 2 aliphatic rings. The van der Waals surface area contributed by atoms with Crippen LogP contribution in [0, 0.1) is 62.3 Å². The van der Waals surface area contributed by atoms with Crippen LogP contribution < -0.4 is 31.1 Å². The van der Waals surface area contributed by atoms with Gasteiger partial charge in [0.15, 0.2) is 0 Å². The minimum atomic E-state index is 0.0192. The predicted octanol–water partition coefficient (Wildman–Crippen LogP) is 13.7. The van der Waals surface area contributed by atoms with E-state index in [2.05, 4.69) is 229 Å². The molecule has 0 N–H and O–H groups in total. The molecule has 0 amide bonds. The molecule has 0 saturated carbocycles. The molecular formula is C57H52BN3. The second-order valence-electron chi connectivity index (χ2n) is 17.8. The van der Waals surface area contributed by atoms with Crippen molar-refractivity contribution in [1.82, 2.24) is 0 Å². The molecule has 8 aromatic carbocycles. The molecule has 2 aliphatic heterocycles. The zero-order valence-corrected chi connectivity index (χ0v) is 36.9. The maximum Gasteiger partial charge on any atom is 0.252 e. The van der Waals surface area contributed by atoms with E-state index >= 15 is 0 Å². The third kappa shape index (κ3) is 6.53. The van der Waals surface area contributed by atoms with Crippen LogP contribution >= 0.6 is 0 Å². The molecule has 0 radical (unpaired) electrons. The monoisotopic (exact) mass is 789 g/mol. The van der Waals surface area contributed by atoms with E-state index in [9.17, 15) is 0 Å². The lowest BCUT2D eigenvalue weighted by Gasteiger charge is -2.45. The van der Waals surface area contributed by atoms with Crippen LogP contribution in [0.2, 0.25) is 0 Å². The first kappa shape index (κ1) is 38.4. The van der Waals surface area contributed by atoms with Crippen molar-refractivity contribution in [3.63, 3.8) is 0 Å². The molecule has 0 aliphatic carbocycles. The van der Waals surface area contributed by atoms with Gasteiger partial charge in [0, 0.05) is 45.4 Å². The van der Waals surface area contributed by atoms with Crippen molar-refractivity contribution < 1.29 is 0 Å². The van der Waals surface area contributed by atoms with Gasteiger partial charge in [-0.3, -0.25) is 0 Å². The van der Waals surface area contributed by atoms with Crippen LogP contribution in [0.3, 0.4) is 0 Å². The molecule has 4 heteroatoms. The number of aryl methyl sites for hydroxylation is 9. The lowest BCUT2D eigenvalue weighted by Crippen LogP contribution is -2.61. The minimum absolute atomic E-state index is 0.0192. The fraction of sp³-hybridized carbons (Fsp3) is 0.158. The number of nitrogens with zero attached hydrogens (tertiary/aromatic N) is 3. The maximum absolute atomic E-state index is 2.58. The topological polar surface area (TPSA) is 9.72 Å². The highest BCUT2D eigenvalue weighted by Crippen LogP contribution is 2.50. The fourth-order valence-corrected chi connectivity index (χ4v) is 9.92. The molecule has 10 rings (SSSR count). The average molecular weight is 790 g/mol. The summed E-state index contributed by atoms with van der Waals surface area (Å²) in [5.74, 6) is 0. The number of hydrogen-bond donors (Lipinski definition) is 0. The summed E-state index contributed by atoms with van der Waals surface area (Å²) in [6.07, 6.45) is 0. The molecular weight excluding hydrogens is 737 g/mol. The quantitative estimate of drug-likeness (QED) is 0.155. The third-order valence-electron chi connectivity index (χ3n) is 12.9. The molecule has 2 heterocycles. The zero-order chi connectivity index (χ0) is 42.3. The molecule has 0 spiro atoms. The fourth-order valence-electron chi connectivity index (χ4n) is 9.92. The number of anilines is 9. The largest absolute Gasteiger partial charge is 0.311 e. The van der Waals surface area contributed by atoms with Crippen molar-refractivity contribution in [3.05, 3.63) is 202 Å². The van der Waals surface area contributed by atoms with Crippen LogP contribution in [-0.4, -0.2) is 6.71 Å². The Hall–Kier alpha value is -6.78. The first-order valence-electron chi connectivity index (χ1n) is 21.6. The molecule has 0 fully saturated rings. The highest BCUT2D eigenvalue weighted by molar-refractivity contribution is 7.00. The highest BCUT2D eigenvalue weighted by Gasteiger charge is 2.44. The van der Waals surface area contributed by atoms with Crippen LogP contribution in [0.1, 0.15) is 50.1 Å². The predicted molar refractivity (Wildman–Crippen MR) is 263 cm³/mol. The molecule has 0 bridgehead atoms. The van der Waals surface area contributed by atoms with E-state index in [1.807, 2.05) is 0 Å². The summed E-state index contributed by atoms with van der Waals surface area (Å²) in [6.45, 7) is 19.9. The number of benzene rings is 8. The summed E-state index contributed by atoms with van der Waals surface area (Å²) < 4.78 is 0. The van der Waals surface area contributed by atoms with Crippen molar-refractivity contribution in [2.75, 3.05) is 14.7 Å². The maximum atomic E-state index is 2.58. The molecule has 0 atom stereocenters. The molecule has 61 heavy (non-hydrogen) atoms. The SMILES string of the molecule is Cc1ccc(-c2cc(C)ccc2N2c3ccc(C)cc3B3c4cc(C)ccc4N(c4ccc(C)cc4)c4cc(N(c5ccc(C)cc5C)c5ccc(C)cc5C)cc2c43)cc1. The smallest absolute Gasteiger partial charge is 0.252 e.